The molecule has 4 nitrogen and oxygen atoms in total. The van der Waals surface area contributed by atoms with Crippen molar-refractivity contribution in [3.05, 3.63) is 59.4 Å². The van der Waals surface area contributed by atoms with Gasteiger partial charge in [-0.3, -0.25) is 4.98 Å². The zero-order valence-electron chi connectivity index (χ0n) is 14.2. The van der Waals surface area contributed by atoms with E-state index in [0.717, 1.165) is 24.3 Å². The molecule has 6 heteroatoms. The van der Waals surface area contributed by atoms with Gasteiger partial charge in [-0.1, -0.05) is 29.8 Å². The molecule has 128 valence electrons. The van der Waals surface area contributed by atoms with Crippen molar-refractivity contribution in [2.45, 2.75) is 13.0 Å². The summed E-state index contributed by atoms with van der Waals surface area (Å²) in [4.78, 5) is 8.52. The van der Waals surface area contributed by atoms with E-state index in [1.165, 1.54) is 0 Å². The third-order valence-corrected chi connectivity index (χ3v) is 4.46. The van der Waals surface area contributed by atoms with Crippen LogP contribution in [0.1, 0.15) is 18.5 Å². The molecular weight excluding hydrogens is 340 g/mol. The van der Waals surface area contributed by atoms with Gasteiger partial charge in [-0.25, -0.2) is 0 Å². The number of nitrogens with zero attached hydrogens (tertiary/aromatic N) is 3. The van der Waals surface area contributed by atoms with Crippen LogP contribution in [0.15, 0.2) is 48.8 Å². The summed E-state index contributed by atoms with van der Waals surface area (Å²) < 4.78 is 0. The minimum Gasteiger partial charge on any atom is -0.341 e. The summed E-state index contributed by atoms with van der Waals surface area (Å²) in [7, 11) is 4.11. The van der Waals surface area contributed by atoms with Gasteiger partial charge in [0.05, 0.1) is 16.8 Å². The van der Waals surface area contributed by atoms with Crippen LogP contribution in [0.5, 0.6) is 0 Å². The van der Waals surface area contributed by atoms with Gasteiger partial charge in [-0.15, -0.1) is 0 Å². The van der Waals surface area contributed by atoms with Crippen molar-refractivity contribution in [1.82, 2.24) is 14.8 Å². The summed E-state index contributed by atoms with van der Waals surface area (Å²) >= 11 is 11.9. The number of rotatable bonds is 6. The van der Waals surface area contributed by atoms with Gasteiger partial charge >= 0.3 is 0 Å². The van der Waals surface area contributed by atoms with Gasteiger partial charge < -0.3 is 15.1 Å². The second-order valence-electron chi connectivity index (χ2n) is 5.87. The van der Waals surface area contributed by atoms with E-state index < -0.39 is 0 Å². The Bertz CT molecular complexity index is 663. The number of hydrogen-bond donors (Lipinski definition) is 1. The third kappa shape index (κ3) is 5.16. The monoisotopic (exact) mass is 362 g/mol. The van der Waals surface area contributed by atoms with Crippen LogP contribution in [0.4, 0.5) is 5.69 Å². The zero-order valence-corrected chi connectivity index (χ0v) is 15.8. The maximum absolute atomic E-state index is 6.24. The van der Waals surface area contributed by atoms with Crippen molar-refractivity contribution in [1.29, 1.82) is 0 Å². The fourth-order valence-electron chi connectivity index (χ4n) is 2.33. The Morgan fingerprint density at radius 1 is 1.21 bits per heavy atom. The van der Waals surface area contributed by atoms with Gasteiger partial charge in [0.15, 0.2) is 5.11 Å². The first kappa shape index (κ1) is 18.6. The van der Waals surface area contributed by atoms with E-state index in [2.05, 4.69) is 47.2 Å². The molecule has 0 aliphatic heterocycles. The minimum absolute atomic E-state index is 0.112. The predicted octanol–water partition coefficient (Wildman–Crippen LogP) is 4.06. The number of para-hydroxylation sites is 1. The molecule has 24 heavy (non-hydrogen) atoms. The molecule has 1 heterocycles. The molecule has 1 aromatic heterocycles. The Labute approximate surface area is 154 Å². The fourth-order valence-corrected chi connectivity index (χ4v) is 2.87. The average Bonchev–Trinajstić information content (AvgIpc) is 2.57. The largest absolute Gasteiger partial charge is 0.341 e. The maximum atomic E-state index is 6.24. The maximum Gasteiger partial charge on any atom is 0.174 e. The molecule has 0 aliphatic rings. The Hall–Kier alpha value is -1.69. The highest BCUT2D eigenvalue weighted by Gasteiger charge is 2.19. The first-order chi connectivity index (χ1) is 11.5. The number of aromatic nitrogens is 1. The number of halogens is 1. The van der Waals surface area contributed by atoms with Gasteiger partial charge in [0.25, 0.3) is 0 Å². The molecule has 0 radical (unpaired) electrons. The standard InChI is InChI=1S/C18H23ClN4S/c1-14(15-7-6-10-20-13-15)23(12-11-22(2)3)18(24)21-17-9-5-4-8-16(17)19/h4-10,13-14H,11-12H2,1-3H3,(H,21,24)/t14-/m0/s1. The predicted molar refractivity (Wildman–Crippen MR) is 106 cm³/mol. The van der Waals surface area contributed by atoms with Crippen molar-refractivity contribution >= 4 is 34.6 Å². The van der Waals surface area contributed by atoms with Gasteiger partial charge in [-0.05, 0) is 57.0 Å². The van der Waals surface area contributed by atoms with Crippen molar-refractivity contribution in [2.75, 3.05) is 32.5 Å². The summed E-state index contributed by atoms with van der Waals surface area (Å²) in [6.07, 6.45) is 3.66. The van der Waals surface area contributed by atoms with Crippen molar-refractivity contribution < 1.29 is 0 Å². The molecule has 0 aliphatic carbocycles. The number of likely N-dealkylation sites (N-methyl/N-ethyl adjacent to an activating group) is 1. The number of nitrogens with one attached hydrogen (secondary N) is 1. The van der Waals surface area contributed by atoms with Crippen LogP contribution in [0.25, 0.3) is 0 Å². The molecular formula is C18H23ClN4S. The zero-order chi connectivity index (χ0) is 17.5. The molecule has 1 N–H and O–H groups in total. The van der Waals surface area contributed by atoms with Gasteiger partial charge in [0.1, 0.15) is 0 Å². The lowest BCUT2D eigenvalue weighted by Gasteiger charge is -2.33. The molecule has 1 atom stereocenters. The summed E-state index contributed by atoms with van der Waals surface area (Å²) in [5.41, 5.74) is 1.94. The van der Waals surface area contributed by atoms with E-state index in [1.807, 2.05) is 36.5 Å². The highest BCUT2D eigenvalue weighted by Crippen LogP contribution is 2.24. The highest BCUT2D eigenvalue weighted by molar-refractivity contribution is 7.80. The van der Waals surface area contributed by atoms with E-state index in [-0.39, 0.29) is 6.04 Å². The van der Waals surface area contributed by atoms with Gasteiger partial charge in [-0.2, -0.15) is 0 Å². The fraction of sp³-hybridized carbons (Fsp3) is 0.333. The number of pyridine rings is 1. The second kappa shape index (κ2) is 8.97. The van der Waals surface area contributed by atoms with Gasteiger partial charge in [0.2, 0.25) is 0 Å². The Morgan fingerprint density at radius 2 is 1.96 bits per heavy atom. The Kier molecular flexibility index (Phi) is 6.97. The minimum atomic E-state index is 0.112. The number of thiocarbonyl (C=S) groups is 1. The van der Waals surface area contributed by atoms with E-state index in [4.69, 9.17) is 23.8 Å². The normalized spacial score (nSPS) is 12.0. The first-order valence-corrected chi connectivity index (χ1v) is 8.64. The van der Waals surface area contributed by atoms with Crippen LogP contribution in [-0.2, 0) is 0 Å². The lowest BCUT2D eigenvalue weighted by atomic mass is 10.1. The number of benzene rings is 1. The van der Waals surface area contributed by atoms with Crippen LogP contribution in [-0.4, -0.2) is 47.1 Å². The summed E-state index contributed by atoms with van der Waals surface area (Å²) in [6.45, 7) is 3.83. The molecule has 0 saturated carbocycles. The number of anilines is 1. The van der Waals surface area contributed by atoms with Crippen LogP contribution in [0.3, 0.4) is 0 Å². The molecule has 2 rings (SSSR count). The lowest BCUT2D eigenvalue weighted by molar-refractivity contribution is 0.289. The van der Waals surface area contributed by atoms with Crippen LogP contribution >= 0.6 is 23.8 Å². The van der Waals surface area contributed by atoms with Crippen LogP contribution in [0, 0.1) is 0 Å². The second-order valence-corrected chi connectivity index (χ2v) is 6.66. The topological polar surface area (TPSA) is 31.4 Å². The van der Waals surface area contributed by atoms with Gasteiger partial charge in [0, 0.05) is 25.5 Å². The lowest BCUT2D eigenvalue weighted by Crippen LogP contribution is -2.41. The first-order valence-electron chi connectivity index (χ1n) is 7.86. The molecule has 0 unspecified atom stereocenters. The smallest absolute Gasteiger partial charge is 0.174 e. The quantitative estimate of drug-likeness (QED) is 0.783. The third-order valence-electron chi connectivity index (χ3n) is 3.80. The van der Waals surface area contributed by atoms with Crippen molar-refractivity contribution in [3.8, 4) is 0 Å². The average molecular weight is 363 g/mol. The molecule has 2 aromatic rings. The van der Waals surface area contributed by atoms with Crippen molar-refractivity contribution in [2.24, 2.45) is 0 Å². The molecule has 0 spiro atoms. The van der Waals surface area contributed by atoms with Crippen LogP contribution < -0.4 is 5.32 Å². The Morgan fingerprint density at radius 3 is 2.58 bits per heavy atom. The molecule has 0 fully saturated rings. The van der Waals surface area contributed by atoms with E-state index in [0.29, 0.717) is 10.1 Å². The molecule has 1 aromatic carbocycles. The van der Waals surface area contributed by atoms with E-state index >= 15 is 0 Å². The molecule has 0 amide bonds. The van der Waals surface area contributed by atoms with E-state index in [9.17, 15) is 0 Å². The van der Waals surface area contributed by atoms with E-state index in [1.54, 1.807) is 6.20 Å². The molecule has 0 bridgehead atoms. The SMILES string of the molecule is C[C@@H](c1cccnc1)N(CCN(C)C)C(=S)Nc1ccccc1Cl. The summed E-state index contributed by atoms with van der Waals surface area (Å²) in [5, 5.41) is 4.58. The summed E-state index contributed by atoms with van der Waals surface area (Å²) in [5.74, 6) is 0. The Balaban J connectivity index is 2.18. The number of hydrogen-bond acceptors (Lipinski definition) is 3. The highest BCUT2D eigenvalue weighted by atomic mass is 35.5. The molecule has 0 saturated heterocycles. The van der Waals surface area contributed by atoms with Crippen LogP contribution in [0.2, 0.25) is 5.02 Å². The van der Waals surface area contributed by atoms with Crippen molar-refractivity contribution in [3.63, 3.8) is 0 Å². The summed E-state index contributed by atoms with van der Waals surface area (Å²) in [6, 6.07) is 11.7.